The van der Waals surface area contributed by atoms with Gasteiger partial charge in [0, 0.05) is 25.7 Å². The molecule has 0 fully saturated rings. The van der Waals surface area contributed by atoms with E-state index in [1.54, 1.807) is 31.3 Å². The highest BCUT2D eigenvalue weighted by Gasteiger charge is 2.24. The van der Waals surface area contributed by atoms with E-state index in [4.69, 9.17) is 21.6 Å². The molecule has 0 heterocycles. The van der Waals surface area contributed by atoms with Crippen molar-refractivity contribution in [1.82, 2.24) is 9.21 Å². The quantitative estimate of drug-likeness (QED) is 0.565. The van der Waals surface area contributed by atoms with Crippen LogP contribution >= 0.6 is 11.6 Å². The van der Waals surface area contributed by atoms with Crippen LogP contribution in [0.15, 0.2) is 53.4 Å². The van der Waals surface area contributed by atoms with Crippen molar-refractivity contribution in [3.63, 3.8) is 0 Å². The molecule has 7 nitrogen and oxygen atoms in total. The number of nitriles is 1. The Morgan fingerprint density at radius 2 is 1.72 bits per heavy atom. The molecule has 0 saturated heterocycles. The van der Waals surface area contributed by atoms with Crippen LogP contribution in [-0.4, -0.2) is 57.3 Å². The Bertz CT molecular complexity index is 970. The number of nitrogens with zero attached hydrogens (tertiary/aromatic N) is 3. The van der Waals surface area contributed by atoms with Crippen LogP contribution in [0, 0.1) is 11.3 Å². The van der Waals surface area contributed by atoms with Gasteiger partial charge in [-0.1, -0.05) is 11.6 Å². The molecule has 0 radical (unpaired) electrons. The highest BCUT2D eigenvalue weighted by Crippen LogP contribution is 2.16. The summed E-state index contributed by atoms with van der Waals surface area (Å²) in [7, 11) is -0.848. The van der Waals surface area contributed by atoms with Gasteiger partial charge in [0.15, 0.2) is 0 Å². The maximum absolute atomic E-state index is 12.6. The van der Waals surface area contributed by atoms with Gasteiger partial charge in [0.25, 0.3) is 0 Å². The van der Waals surface area contributed by atoms with Gasteiger partial charge in [0.05, 0.1) is 29.7 Å². The molecule has 2 aromatic rings. The van der Waals surface area contributed by atoms with Crippen molar-refractivity contribution in [2.45, 2.75) is 11.3 Å². The SMILES string of the molecule is CN(CCCOc1ccc(Cl)cc1)C(=O)CN(C)S(=O)(=O)c1ccc(C#N)cc1. The van der Waals surface area contributed by atoms with Crippen molar-refractivity contribution in [3.8, 4) is 11.8 Å². The van der Waals surface area contributed by atoms with Gasteiger partial charge < -0.3 is 9.64 Å². The van der Waals surface area contributed by atoms with Gasteiger partial charge in [-0.15, -0.1) is 0 Å². The van der Waals surface area contributed by atoms with Gasteiger partial charge in [-0.05, 0) is 55.0 Å². The van der Waals surface area contributed by atoms with Gasteiger partial charge in [0.2, 0.25) is 15.9 Å². The zero-order valence-electron chi connectivity index (χ0n) is 16.2. The molecule has 2 aromatic carbocycles. The summed E-state index contributed by atoms with van der Waals surface area (Å²) in [4.78, 5) is 13.9. The molecule has 1 amide bonds. The number of carbonyl (C=O) groups excluding carboxylic acids is 1. The Hall–Kier alpha value is -2.60. The molecule has 0 bridgehead atoms. The number of amides is 1. The van der Waals surface area contributed by atoms with Crippen LogP contribution in [0.25, 0.3) is 0 Å². The number of hydrogen-bond donors (Lipinski definition) is 0. The van der Waals surface area contributed by atoms with Crippen molar-refractivity contribution in [2.75, 3.05) is 33.8 Å². The zero-order chi connectivity index (χ0) is 21.4. The molecule has 0 aromatic heterocycles. The van der Waals surface area contributed by atoms with Crippen LogP contribution in [0.1, 0.15) is 12.0 Å². The van der Waals surface area contributed by atoms with Crippen LogP contribution in [0.2, 0.25) is 5.02 Å². The minimum atomic E-state index is -3.82. The van der Waals surface area contributed by atoms with E-state index in [2.05, 4.69) is 0 Å². The monoisotopic (exact) mass is 435 g/mol. The molecular weight excluding hydrogens is 414 g/mol. The normalized spacial score (nSPS) is 11.1. The van der Waals surface area contributed by atoms with Crippen LogP contribution in [0.4, 0.5) is 0 Å². The summed E-state index contributed by atoms with van der Waals surface area (Å²) in [6.07, 6.45) is 0.594. The molecule has 0 aliphatic carbocycles. The first-order valence-electron chi connectivity index (χ1n) is 8.83. The minimum Gasteiger partial charge on any atom is -0.494 e. The summed E-state index contributed by atoms with van der Waals surface area (Å²) in [5.41, 5.74) is 0.364. The first-order chi connectivity index (χ1) is 13.7. The van der Waals surface area contributed by atoms with Gasteiger partial charge in [-0.25, -0.2) is 8.42 Å². The molecule has 0 atom stereocenters. The summed E-state index contributed by atoms with van der Waals surface area (Å²) in [6.45, 7) is 0.562. The predicted octanol–water partition coefficient (Wildman–Crippen LogP) is 2.76. The molecule has 2 rings (SSSR count). The van der Waals surface area contributed by atoms with E-state index in [0.29, 0.717) is 35.9 Å². The van der Waals surface area contributed by atoms with Gasteiger partial charge in [-0.2, -0.15) is 9.57 Å². The summed E-state index contributed by atoms with van der Waals surface area (Å²) in [5, 5.41) is 9.44. The average molecular weight is 436 g/mol. The summed E-state index contributed by atoms with van der Waals surface area (Å²) in [5.74, 6) is 0.368. The van der Waals surface area contributed by atoms with Gasteiger partial charge in [0.1, 0.15) is 5.75 Å². The van der Waals surface area contributed by atoms with Crippen LogP contribution < -0.4 is 4.74 Å². The van der Waals surface area contributed by atoms with E-state index in [1.165, 1.54) is 36.2 Å². The third-order valence-electron chi connectivity index (χ3n) is 4.20. The first-order valence-corrected chi connectivity index (χ1v) is 10.6. The summed E-state index contributed by atoms with van der Waals surface area (Å²) < 4.78 is 31.7. The van der Waals surface area contributed by atoms with E-state index >= 15 is 0 Å². The Balaban J connectivity index is 1.82. The summed E-state index contributed by atoms with van der Waals surface area (Å²) >= 11 is 5.82. The smallest absolute Gasteiger partial charge is 0.243 e. The third-order valence-corrected chi connectivity index (χ3v) is 6.27. The van der Waals surface area contributed by atoms with Crippen molar-refractivity contribution < 1.29 is 17.9 Å². The lowest BCUT2D eigenvalue weighted by atomic mass is 10.2. The molecule has 0 N–H and O–H groups in total. The molecule has 154 valence electrons. The van der Waals surface area contributed by atoms with E-state index < -0.39 is 10.0 Å². The molecule has 0 aliphatic rings. The maximum Gasteiger partial charge on any atom is 0.243 e. The largest absolute Gasteiger partial charge is 0.494 e. The number of halogens is 1. The Kier molecular flexibility index (Phi) is 8.02. The maximum atomic E-state index is 12.6. The highest BCUT2D eigenvalue weighted by atomic mass is 35.5. The lowest BCUT2D eigenvalue weighted by molar-refractivity contribution is -0.130. The van der Waals surface area contributed by atoms with Crippen molar-refractivity contribution in [2.24, 2.45) is 0 Å². The lowest BCUT2D eigenvalue weighted by Gasteiger charge is -2.22. The first kappa shape index (κ1) is 22.7. The van der Waals surface area contributed by atoms with Gasteiger partial charge in [-0.3, -0.25) is 4.79 Å². The van der Waals surface area contributed by atoms with Crippen molar-refractivity contribution in [1.29, 1.82) is 5.26 Å². The van der Waals surface area contributed by atoms with Crippen molar-refractivity contribution in [3.05, 3.63) is 59.1 Å². The Morgan fingerprint density at radius 1 is 1.10 bits per heavy atom. The second-order valence-corrected chi connectivity index (χ2v) is 8.85. The van der Waals surface area contributed by atoms with Gasteiger partial charge >= 0.3 is 0 Å². The predicted molar refractivity (Wildman–Crippen MR) is 110 cm³/mol. The number of sulfonamides is 1. The fourth-order valence-electron chi connectivity index (χ4n) is 2.42. The van der Waals surface area contributed by atoms with Crippen LogP contribution in [-0.2, 0) is 14.8 Å². The van der Waals surface area contributed by atoms with E-state index in [9.17, 15) is 13.2 Å². The molecule has 0 saturated carbocycles. The number of ether oxygens (including phenoxy) is 1. The molecule has 0 aliphatic heterocycles. The van der Waals surface area contributed by atoms with Crippen LogP contribution in [0.5, 0.6) is 5.75 Å². The van der Waals surface area contributed by atoms with Crippen LogP contribution in [0.3, 0.4) is 0 Å². The van der Waals surface area contributed by atoms with E-state index in [1.807, 2.05) is 6.07 Å². The second kappa shape index (κ2) is 10.3. The minimum absolute atomic E-state index is 0.0332. The highest BCUT2D eigenvalue weighted by molar-refractivity contribution is 7.89. The molecule has 9 heteroatoms. The summed E-state index contributed by atoms with van der Waals surface area (Å²) in [6, 6.07) is 14.5. The van der Waals surface area contributed by atoms with E-state index in [0.717, 1.165) is 4.31 Å². The number of rotatable bonds is 9. The fourth-order valence-corrected chi connectivity index (χ4v) is 3.67. The number of carbonyl (C=O) groups is 1. The topological polar surface area (TPSA) is 90.7 Å². The molecular formula is C20H22ClN3O4S. The fraction of sp³-hybridized carbons (Fsp3) is 0.300. The molecule has 0 spiro atoms. The number of benzene rings is 2. The number of hydrogen-bond acceptors (Lipinski definition) is 5. The van der Waals surface area contributed by atoms with E-state index in [-0.39, 0.29) is 17.3 Å². The Morgan fingerprint density at radius 3 is 2.31 bits per heavy atom. The zero-order valence-corrected chi connectivity index (χ0v) is 17.8. The third kappa shape index (κ3) is 6.46. The standard InChI is InChI=1S/C20H22ClN3O4S/c1-23(12-3-13-28-18-8-6-17(21)7-9-18)20(25)15-24(2)29(26,27)19-10-4-16(14-22)5-11-19/h4-11H,3,12-13,15H2,1-2H3. The van der Waals surface area contributed by atoms with Crippen molar-refractivity contribution >= 4 is 27.5 Å². The lowest BCUT2D eigenvalue weighted by Crippen LogP contribution is -2.39. The second-order valence-electron chi connectivity index (χ2n) is 6.37. The average Bonchev–Trinajstić information content (AvgIpc) is 2.72. The number of likely N-dealkylation sites (N-methyl/N-ethyl adjacent to an activating group) is 2. The molecule has 29 heavy (non-hydrogen) atoms. The molecule has 0 unspecified atom stereocenters. The Labute approximate surface area is 176 Å².